The molecule has 0 fully saturated rings. The van der Waals surface area contributed by atoms with E-state index < -0.39 is 0 Å². The minimum Gasteiger partial charge on any atom is -0.340 e. The topological polar surface area (TPSA) is 54.5 Å². The highest BCUT2D eigenvalue weighted by molar-refractivity contribution is 7.71. The fourth-order valence-electron chi connectivity index (χ4n) is 1.46. The molecule has 5 heteroatoms. The standard InChI is InChI=1S/C11H12N4S/c1-3-8-7(2)11(16)15-10(14-8)9-12-5-4-6-13-9/h4-6H,3H2,1-2H3,(H,14,15,16). The third-order valence-electron chi connectivity index (χ3n) is 2.39. The summed E-state index contributed by atoms with van der Waals surface area (Å²) in [6.45, 7) is 4.05. The van der Waals surface area contributed by atoms with Gasteiger partial charge in [0.1, 0.15) is 4.64 Å². The molecule has 2 aromatic heterocycles. The molecule has 16 heavy (non-hydrogen) atoms. The summed E-state index contributed by atoms with van der Waals surface area (Å²) < 4.78 is 0.609. The number of hydrogen-bond donors (Lipinski definition) is 1. The van der Waals surface area contributed by atoms with E-state index in [-0.39, 0.29) is 0 Å². The number of nitrogens with one attached hydrogen (secondary N) is 1. The van der Waals surface area contributed by atoms with Gasteiger partial charge in [0.15, 0.2) is 11.6 Å². The highest BCUT2D eigenvalue weighted by Crippen LogP contribution is 2.13. The van der Waals surface area contributed by atoms with Gasteiger partial charge in [-0.3, -0.25) is 0 Å². The summed E-state index contributed by atoms with van der Waals surface area (Å²) in [4.78, 5) is 15.8. The Morgan fingerprint density at radius 2 is 2.00 bits per heavy atom. The Balaban J connectivity index is 2.60. The van der Waals surface area contributed by atoms with E-state index >= 15 is 0 Å². The van der Waals surface area contributed by atoms with Gasteiger partial charge in [-0.2, -0.15) is 0 Å². The summed E-state index contributed by atoms with van der Waals surface area (Å²) in [5.74, 6) is 1.20. The molecule has 1 N–H and O–H groups in total. The Labute approximate surface area is 98.8 Å². The van der Waals surface area contributed by atoms with Crippen molar-refractivity contribution < 1.29 is 0 Å². The van der Waals surface area contributed by atoms with Gasteiger partial charge >= 0.3 is 0 Å². The second kappa shape index (κ2) is 4.49. The number of nitrogens with zero attached hydrogens (tertiary/aromatic N) is 3. The molecule has 0 radical (unpaired) electrons. The zero-order valence-corrected chi connectivity index (χ0v) is 10.0. The smallest absolute Gasteiger partial charge is 0.195 e. The van der Waals surface area contributed by atoms with Gasteiger partial charge in [0.25, 0.3) is 0 Å². The van der Waals surface area contributed by atoms with Gasteiger partial charge in [-0.25, -0.2) is 15.0 Å². The molecule has 0 aliphatic rings. The zero-order chi connectivity index (χ0) is 11.5. The van der Waals surface area contributed by atoms with Crippen molar-refractivity contribution >= 4 is 12.2 Å². The molecule has 0 aliphatic heterocycles. The van der Waals surface area contributed by atoms with Gasteiger partial charge in [-0.15, -0.1) is 0 Å². The summed E-state index contributed by atoms with van der Waals surface area (Å²) in [6.07, 6.45) is 4.26. The Morgan fingerprint density at radius 3 is 2.62 bits per heavy atom. The predicted octanol–water partition coefficient (Wildman–Crippen LogP) is 2.47. The van der Waals surface area contributed by atoms with Gasteiger partial charge in [-0.1, -0.05) is 19.1 Å². The lowest BCUT2D eigenvalue weighted by atomic mass is 10.2. The van der Waals surface area contributed by atoms with E-state index in [9.17, 15) is 0 Å². The van der Waals surface area contributed by atoms with E-state index in [0.717, 1.165) is 17.7 Å². The molecular formula is C11H12N4S. The Bertz CT molecular complexity index is 548. The van der Waals surface area contributed by atoms with E-state index in [0.29, 0.717) is 16.3 Å². The average molecular weight is 232 g/mol. The second-order valence-corrected chi connectivity index (χ2v) is 3.81. The fourth-order valence-corrected chi connectivity index (χ4v) is 1.67. The third-order valence-corrected chi connectivity index (χ3v) is 2.78. The predicted molar refractivity (Wildman–Crippen MR) is 64.6 cm³/mol. The van der Waals surface area contributed by atoms with Gasteiger partial charge in [-0.05, 0) is 19.4 Å². The maximum atomic E-state index is 5.21. The molecule has 0 saturated carbocycles. The lowest BCUT2D eigenvalue weighted by Gasteiger charge is -2.06. The number of aromatic nitrogens is 4. The quantitative estimate of drug-likeness (QED) is 0.808. The van der Waals surface area contributed by atoms with Gasteiger partial charge in [0.05, 0.1) is 0 Å². The van der Waals surface area contributed by atoms with Crippen molar-refractivity contribution in [3.63, 3.8) is 0 Å². The summed E-state index contributed by atoms with van der Waals surface area (Å²) >= 11 is 5.21. The molecule has 0 atom stereocenters. The summed E-state index contributed by atoms with van der Waals surface area (Å²) in [5, 5.41) is 0. The van der Waals surface area contributed by atoms with Crippen molar-refractivity contribution in [1.29, 1.82) is 0 Å². The molecule has 0 amide bonds. The molecule has 0 aromatic carbocycles. The van der Waals surface area contributed by atoms with Crippen molar-refractivity contribution in [2.75, 3.05) is 0 Å². The van der Waals surface area contributed by atoms with Crippen molar-refractivity contribution in [3.05, 3.63) is 34.4 Å². The van der Waals surface area contributed by atoms with E-state index in [2.05, 4.69) is 26.9 Å². The molecule has 82 valence electrons. The van der Waals surface area contributed by atoms with Crippen LogP contribution in [0, 0.1) is 11.6 Å². The van der Waals surface area contributed by atoms with E-state index in [1.54, 1.807) is 18.5 Å². The highest BCUT2D eigenvalue weighted by atomic mass is 32.1. The molecule has 0 spiro atoms. The lowest BCUT2D eigenvalue weighted by Crippen LogP contribution is -2.01. The maximum Gasteiger partial charge on any atom is 0.195 e. The number of aromatic amines is 1. The van der Waals surface area contributed by atoms with Gasteiger partial charge < -0.3 is 4.98 Å². The third kappa shape index (κ3) is 1.99. The first-order chi connectivity index (χ1) is 7.72. The highest BCUT2D eigenvalue weighted by Gasteiger charge is 2.06. The van der Waals surface area contributed by atoms with Crippen LogP contribution in [0.25, 0.3) is 11.6 Å². The van der Waals surface area contributed by atoms with Crippen molar-refractivity contribution in [3.8, 4) is 11.6 Å². The maximum absolute atomic E-state index is 5.21. The number of aryl methyl sites for hydroxylation is 1. The molecule has 2 aromatic rings. The van der Waals surface area contributed by atoms with Crippen LogP contribution in [0.4, 0.5) is 0 Å². The van der Waals surface area contributed by atoms with E-state index in [1.807, 2.05) is 6.92 Å². The van der Waals surface area contributed by atoms with Crippen LogP contribution in [0.3, 0.4) is 0 Å². The summed E-state index contributed by atoms with van der Waals surface area (Å²) in [5.41, 5.74) is 2.11. The second-order valence-electron chi connectivity index (χ2n) is 3.42. The minimum absolute atomic E-state index is 0.572. The lowest BCUT2D eigenvalue weighted by molar-refractivity contribution is 0.952. The van der Waals surface area contributed by atoms with Crippen LogP contribution in [0.1, 0.15) is 18.2 Å². The SMILES string of the molecule is CCc1[nH]c(-c2ncccn2)nc(=S)c1C. The number of H-pyrrole nitrogens is 1. The Morgan fingerprint density at radius 1 is 1.31 bits per heavy atom. The van der Waals surface area contributed by atoms with Gasteiger partial charge in [0.2, 0.25) is 0 Å². The van der Waals surface area contributed by atoms with Crippen LogP contribution in [-0.2, 0) is 6.42 Å². The van der Waals surface area contributed by atoms with Crippen LogP contribution in [0.15, 0.2) is 18.5 Å². The normalized spacial score (nSPS) is 10.4. The molecule has 2 heterocycles. The Hall–Kier alpha value is -1.62. The number of hydrogen-bond acceptors (Lipinski definition) is 4. The number of rotatable bonds is 2. The van der Waals surface area contributed by atoms with Crippen molar-refractivity contribution in [1.82, 2.24) is 19.9 Å². The monoisotopic (exact) mass is 232 g/mol. The summed E-state index contributed by atoms with van der Waals surface area (Å²) in [6, 6.07) is 1.77. The average Bonchev–Trinajstić information content (AvgIpc) is 2.33. The van der Waals surface area contributed by atoms with Crippen molar-refractivity contribution in [2.45, 2.75) is 20.3 Å². The zero-order valence-electron chi connectivity index (χ0n) is 9.19. The van der Waals surface area contributed by atoms with Crippen LogP contribution < -0.4 is 0 Å². The molecule has 0 saturated heterocycles. The molecule has 0 bridgehead atoms. The van der Waals surface area contributed by atoms with E-state index in [1.165, 1.54) is 0 Å². The molecular weight excluding hydrogens is 220 g/mol. The molecule has 0 aliphatic carbocycles. The van der Waals surface area contributed by atoms with Crippen LogP contribution in [0.2, 0.25) is 0 Å². The molecule has 2 rings (SSSR count). The van der Waals surface area contributed by atoms with Gasteiger partial charge in [0, 0.05) is 23.7 Å². The molecule has 4 nitrogen and oxygen atoms in total. The first kappa shape index (κ1) is 10.9. The first-order valence-electron chi connectivity index (χ1n) is 5.09. The van der Waals surface area contributed by atoms with Crippen LogP contribution in [0.5, 0.6) is 0 Å². The minimum atomic E-state index is 0.572. The summed E-state index contributed by atoms with van der Waals surface area (Å²) in [7, 11) is 0. The molecule has 0 unspecified atom stereocenters. The Kier molecular flexibility index (Phi) is 3.05. The largest absolute Gasteiger partial charge is 0.340 e. The fraction of sp³-hybridized carbons (Fsp3) is 0.273. The van der Waals surface area contributed by atoms with Crippen LogP contribution in [-0.4, -0.2) is 19.9 Å². The van der Waals surface area contributed by atoms with E-state index in [4.69, 9.17) is 12.2 Å². The van der Waals surface area contributed by atoms with Crippen molar-refractivity contribution in [2.24, 2.45) is 0 Å². The first-order valence-corrected chi connectivity index (χ1v) is 5.50. The van der Waals surface area contributed by atoms with Crippen LogP contribution >= 0.6 is 12.2 Å².